The first kappa shape index (κ1) is 18.8. The smallest absolute Gasteiger partial charge is 0.0936 e. The van der Waals surface area contributed by atoms with Crippen LogP contribution in [0.5, 0.6) is 0 Å². The van der Waals surface area contributed by atoms with E-state index in [2.05, 4.69) is 16.7 Å². The van der Waals surface area contributed by atoms with Crippen LogP contribution in [-0.4, -0.2) is 99.9 Å². The summed E-state index contributed by atoms with van der Waals surface area (Å²) in [5.74, 6) is 2.46. The summed E-state index contributed by atoms with van der Waals surface area (Å²) in [6.07, 6.45) is 6.04. The van der Waals surface area contributed by atoms with Gasteiger partial charge in [-0.25, -0.2) is 0 Å². The third-order valence-electron chi connectivity index (χ3n) is 6.63. The number of hydrogen-bond donors (Lipinski definition) is 0. The molecular weight excluding hydrogens is 344 g/mol. The largest absolute Gasteiger partial charge is 0.372 e. The molecule has 0 amide bonds. The Balaban J connectivity index is 1.13. The van der Waals surface area contributed by atoms with Gasteiger partial charge in [0.2, 0.25) is 0 Å². The van der Waals surface area contributed by atoms with Gasteiger partial charge in [0.1, 0.15) is 0 Å². The normalized spacial score (nSPS) is 42.6. The Morgan fingerprint density at radius 3 is 1.19 bits per heavy atom. The molecule has 154 valence electrons. The second kappa shape index (κ2) is 8.25. The molecule has 0 radical (unpaired) electrons. The molecule has 4 aliphatic heterocycles. The molecule has 4 heterocycles. The molecule has 0 aromatic carbocycles. The first-order valence-electron chi connectivity index (χ1n) is 11.1. The van der Waals surface area contributed by atoms with Crippen LogP contribution in [0.4, 0.5) is 0 Å². The lowest BCUT2D eigenvalue weighted by molar-refractivity contribution is 0.104. The van der Waals surface area contributed by atoms with Crippen LogP contribution in [0.25, 0.3) is 0 Å². The Morgan fingerprint density at radius 2 is 0.889 bits per heavy atom. The molecule has 5 fully saturated rings. The Kier molecular flexibility index (Phi) is 5.73. The first-order valence-corrected chi connectivity index (χ1v) is 11.1. The third kappa shape index (κ3) is 6.38. The van der Waals surface area contributed by atoms with E-state index in [1.54, 1.807) is 0 Å². The predicted octanol–water partition coefficient (Wildman–Crippen LogP) is 1.24. The zero-order chi connectivity index (χ0) is 18.2. The molecule has 6 atom stereocenters. The topological polar surface area (TPSA) is 56.6 Å². The second-order valence-electron chi connectivity index (χ2n) is 9.80. The van der Waals surface area contributed by atoms with Gasteiger partial charge in [0.05, 0.1) is 50.8 Å². The van der Waals surface area contributed by atoms with Gasteiger partial charge < -0.3 is 18.9 Å². The van der Waals surface area contributed by atoms with Crippen molar-refractivity contribution in [2.24, 2.45) is 17.8 Å². The summed E-state index contributed by atoms with van der Waals surface area (Å²) in [6, 6.07) is 0. The van der Waals surface area contributed by atoms with Crippen LogP contribution in [0.3, 0.4) is 0 Å². The highest BCUT2D eigenvalue weighted by Gasteiger charge is 2.36. The molecule has 0 N–H and O–H groups in total. The van der Waals surface area contributed by atoms with E-state index >= 15 is 0 Å². The van der Waals surface area contributed by atoms with Gasteiger partial charge >= 0.3 is 0 Å². The van der Waals surface area contributed by atoms with Crippen molar-refractivity contribution < 1.29 is 18.9 Å². The van der Waals surface area contributed by atoms with E-state index in [9.17, 15) is 0 Å². The van der Waals surface area contributed by atoms with E-state index in [4.69, 9.17) is 18.9 Å². The van der Waals surface area contributed by atoms with E-state index < -0.39 is 0 Å². The van der Waals surface area contributed by atoms with Crippen LogP contribution in [0.1, 0.15) is 26.2 Å². The fourth-order valence-electron chi connectivity index (χ4n) is 5.22. The molecule has 0 aromatic rings. The minimum absolute atomic E-state index is 0.480. The third-order valence-corrected chi connectivity index (χ3v) is 6.63. The van der Waals surface area contributed by atoms with Crippen LogP contribution in [0.2, 0.25) is 0 Å². The molecule has 6 heteroatoms. The summed E-state index contributed by atoms with van der Waals surface area (Å²) in [4.78, 5) is 5.26. The molecule has 1 saturated carbocycles. The predicted molar refractivity (Wildman–Crippen MR) is 102 cm³/mol. The van der Waals surface area contributed by atoms with Gasteiger partial charge in [-0.05, 0) is 37.0 Å². The molecule has 4 saturated heterocycles. The molecule has 27 heavy (non-hydrogen) atoms. The Bertz CT molecular complexity index is 421. The number of rotatable bonds is 12. The summed E-state index contributed by atoms with van der Waals surface area (Å²) in [5.41, 5.74) is 0. The van der Waals surface area contributed by atoms with Crippen molar-refractivity contribution in [1.29, 1.82) is 0 Å². The maximum Gasteiger partial charge on any atom is 0.0936 e. The van der Waals surface area contributed by atoms with E-state index in [0.29, 0.717) is 24.4 Å². The summed E-state index contributed by atoms with van der Waals surface area (Å²) in [7, 11) is 0. The van der Waals surface area contributed by atoms with Crippen LogP contribution in [0.15, 0.2) is 0 Å². The van der Waals surface area contributed by atoms with Gasteiger partial charge in [-0.3, -0.25) is 9.80 Å². The number of ether oxygens (including phenoxy) is 4. The van der Waals surface area contributed by atoms with Crippen LogP contribution < -0.4 is 0 Å². The van der Waals surface area contributed by atoms with Gasteiger partial charge in [-0.2, -0.15) is 0 Å². The highest BCUT2D eigenvalue weighted by atomic mass is 16.6. The fraction of sp³-hybridized carbons (Fsp3) is 1.00. The van der Waals surface area contributed by atoms with Gasteiger partial charge in [-0.1, -0.05) is 6.92 Å². The average molecular weight is 381 g/mol. The lowest BCUT2D eigenvalue weighted by Crippen LogP contribution is -2.41. The monoisotopic (exact) mass is 380 g/mol. The summed E-state index contributed by atoms with van der Waals surface area (Å²) >= 11 is 0. The van der Waals surface area contributed by atoms with E-state index in [1.807, 2.05) is 0 Å². The first-order chi connectivity index (χ1) is 13.2. The van der Waals surface area contributed by atoms with Crippen molar-refractivity contribution in [3.63, 3.8) is 0 Å². The minimum atomic E-state index is 0.480. The number of epoxide rings is 4. The second-order valence-corrected chi connectivity index (χ2v) is 9.80. The standard InChI is InChI=1S/C21H36N2O4/c1-15-2-16(5-22(7-18-11-24-18)8-19-12-25-19)4-17(3-15)6-23(9-20-13-26-20)10-21-14-27-21/h15-21H,2-14H2,1H3. The lowest BCUT2D eigenvalue weighted by Gasteiger charge is -2.38. The van der Waals surface area contributed by atoms with Gasteiger partial charge in [0.25, 0.3) is 0 Å². The maximum absolute atomic E-state index is 5.50. The van der Waals surface area contributed by atoms with Gasteiger partial charge in [0.15, 0.2) is 0 Å². The molecule has 5 aliphatic rings. The SMILES string of the molecule is CC1CC(CN(CC2CO2)CC2CO2)CC(CN(CC2CO2)CC2CO2)C1. The number of hydrogen-bond acceptors (Lipinski definition) is 6. The molecule has 6 unspecified atom stereocenters. The quantitative estimate of drug-likeness (QED) is 0.475. The van der Waals surface area contributed by atoms with Crippen LogP contribution in [0, 0.1) is 17.8 Å². The lowest BCUT2D eigenvalue weighted by atomic mass is 9.75. The van der Waals surface area contributed by atoms with Crippen LogP contribution in [-0.2, 0) is 18.9 Å². The molecule has 0 aromatic heterocycles. The van der Waals surface area contributed by atoms with E-state index in [1.165, 1.54) is 32.4 Å². The molecule has 6 nitrogen and oxygen atoms in total. The summed E-state index contributed by atoms with van der Waals surface area (Å²) < 4.78 is 22.0. The van der Waals surface area contributed by atoms with Gasteiger partial charge in [0, 0.05) is 39.3 Å². The Hall–Kier alpha value is -0.240. The van der Waals surface area contributed by atoms with E-state index in [0.717, 1.165) is 70.4 Å². The van der Waals surface area contributed by atoms with Crippen molar-refractivity contribution >= 4 is 0 Å². The van der Waals surface area contributed by atoms with Crippen molar-refractivity contribution in [1.82, 2.24) is 9.80 Å². The summed E-state index contributed by atoms with van der Waals surface area (Å²) in [6.45, 7) is 13.1. The maximum atomic E-state index is 5.50. The molecule has 5 rings (SSSR count). The number of nitrogens with zero attached hydrogens (tertiary/aromatic N) is 2. The van der Waals surface area contributed by atoms with E-state index in [-0.39, 0.29) is 0 Å². The van der Waals surface area contributed by atoms with Crippen molar-refractivity contribution in [3.8, 4) is 0 Å². The highest BCUT2D eigenvalue weighted by molar-refractivity contribution is 4.87. The minimum Gasteiger partial charge on any atom is -0.372 e. The summed E-state index contributed by atoms with van der Waals surface area (Å²) in [5, 5.41) is 0. The molecule has 1 aliphatic carbocycles. The van der Waals surface area contributed by atoms with Crippen molar-refractivity contribution in [2.75, 3.05) is 65.7 Å². The highest BCUT2D eigenvalue weighted by Crippen LogP contribution is 2.35. The Morgan fingerprint density at radius 1 is 0.556 bits per heavy atom. The molecular formula is C21H36N2O4. The molecule has 0 spiro atoms. The fourth-order valence-corrected chi connectivity index (χ4v) is 5.22. The van der Waals surface area contributed by atoms with Gasteiger partial charge in [-0.15, -0.1) is 0 Å². The molecule has 0 bridgehead atoms. The van der Waals surface area contributed by atoms with Crippen LogP contribution >= 0.6 is 0 Å². The zero-order valence-corrected chi connectivity index (χ0v) is 16.8. The zero-order valence-electron chi connectivity index (χ0n) is 16.8. The van der Waals surface area contributed by atoms with Crippen molar-refractivity contribution in [2.45, 2.75) is 50.6 Å². The Labute approximate surface area is 163 Å². The average Bonchev–Trinajstić information content (AvgIpc) is 3.41. The van der Waals surface area contributed by atoms with Crippen molar-refractivity contribution in [3.05, 3.63) is 0 Å².